The molecule has 0 aliphatic carbocycles. The number of phenolic OH excluding ortho intramolecular Hbond substituents is 1. The summed E-state index contributed by atoms with van der Waals surface area (Å²) < 4.78 is 13.2. The van der Waals surface area contributed by atoms with Crippen LogP contribution in [0.5, 0.6) is 5.75 Å². The van der Waals surface area contributed by atoms with E-state index in [0.29, 0.717) is 11.1 Å². The molecule has 0 saturated heterocycles. The molecule has 0 unspecified atom stereocenters. The molecule has 0 bridgehead atoms. The number of phenols is 1. The lowest BCUT2D eigenvalue weighted by Gasteiger charge is -2.10. The fourth-order valence-electron chi connectivity index (χ4n) is 1.11. The van der Waals surface area contributed by atoms with Gasteiger partial charge in [0.05, 0.1) is 18.7 Å². The van der Waals surface area contributed by atoms with Crippen LogP contribution < -0.4 is 5.48 Å². The Hall–Kier alpha value is -0.840. The summed E-state index contributed by atoms with van der Waals surface area (Å²) in [6.07, 6.45) is 0. The van der Waals surface area contributed by atoms with Crippen molar-refractivity contribution >= 4 is 11.6 Å². The minimum atomic E-state index is -0.444. The average molecular weight is 220 g/mol. The second-order valence-corrected chi connectivity index (χ2v) is 3.22. The lowest BCUT2D eigenvalue weighted by atomic mass is 10.1. The second-order valence-electron chi connectivity index (χ2n) is 2.82. The maximum absolute atomic E-state index is 13.2. The zero-order valence-electron chi connectivity index (χ0n) is 7.90. The summed E-state index contributed by atoms with van der Waals surface area (Å²) in [6.45, 7) is 1.77. The van der Waals surface area contributed by atoms with Gasteiger partial charge in [-0.2, -0.15) is 5.48 Å². The third kappa shape index (κ3) is 2.15. The van der Waals surface area contributed by atoms with Crippen molar-refractivity contribution in [2.45, 2.75) is 13.5 Å². The lowest BCUT2D eigenvalue weighted by molar-refractivity contribution is 0.0859. The highest BCUT2D eigenvalue weighted by molar-refractivity contribution is 6.32. The largest absolute Gasteiger partial charge is 0.506 e. The maximum Gasteiger partial charge on any atom is 0.139 e. The van der Waals surface area contributed by atoms with E-state index >= 15 is 0 Å². The van der Waals surface area contributed by atoms with Crippen molar-refractivity contribution in [2.75, 3.05) is 7.11 Å². The SMILES string of the molecule is CONCc1c(C)c(F)cc(Cl)c1O. The van der Waals surface area contributed by atoms with Crippen molar-refractivity contribution in [1.29, 1.82) is 0 Å². The van der Waals surface area contributed by atoms with E-state index in [4.69, 9.17) is 11.6 Å². The molecule has 0 aliphatic heterocycles. The molecule has 0 amide bonds. The molecule has 0 saturated carbocycles. The molecule has 78 valence electrons. The quantitative estimate of drug-likeness (QED) is 0.766. The topological polar surface area (TPSA) is 41.5 Å². The molecule has 5 heteroatoms. The maximum atomic E-state index is 13.2. The van der Waals surface area contributed by atoms with E-state index in [-0.39, 0.29) is 17.3 Å². The van der Waals surface area contributed by atoms with E-state index in [1.165, 1.54) is 7.11 Å². The molecule has 3 nitrogen and oxygen atoms in total. The van der Waals surface area contributed by atoms with Crippen LogP contribution in [0.25, 0.3) is 0 Å². The van der Waals surface area contributed by atoms with E-state index in [0.717, 1.165) is 6.07 Å². The number of benzene rings is 1. The number of aromatic hydroxyl groups is 1. The second kappa shape index (κ2) is 4.59. The molecule has 2 N–H and O–H groups in total. The first-order chi connectivity index (χ1) is 6.57. The van der Waals surface area contributed by atoms with E-state index < -0.39 is 5.82 Å². The van der Waals surface area contributed by atoms with Crippen molar-refractivity contribution < 1.29 is 14.3 Å². The molecule has 14 heavy (non-hydrogen) atoms. The van der Waals surface area contributed by atoms with Gasteiger partial charge in [0, 0.05) is 5.56 Å². The first-order valence-electron chi connectivity index (χ1n) is 4.00. The number of hydroxylamine groups is 1. The monoisotopic (exact) mass is 219 g/mol. The molecular formula is C9H11ClFNO2. The highest BCUT2D eigenvalue weighted by Crippen LogP contribution is 2.31. The Balaban J connectivity index is 3.11. The van der Waals surface area contributed by atoms with Crippen LogP contribution in [0.3, 0.4) is 0 Å². The van der Waals surface area contributed by atoms with Gasteiger partial charge in [-0.05, 0) is 18.6 Å². The summed E-state index contributed by atoms with van der Waals surface area (Å²) in [5.41, 5.74) is 3.27. The zero-order valence-corrected chi connectivity index (χ0v) is 8.65. The Morgan fingerprint density at radius 3 is 2.86 bits per heavy atom. The lowest BCUT2D eigenvalue weighted by Crippen LogP contribution is -2.12. The molecule has 1 rings (SSSR count). The van der Waals surface area contributed by atoms with Crippen molar-refractivity contribution in [3.05, 3.63) is 28.0 Å². The molecule has 0 fully saturated rings. The van der Waals surface area contributed by atoms with Crippen molar-refractivity contribution in [3.63, 3.8) is 0 Å². The van der Waals surface area contributed by atoms with E-state index in [2.05, 4.69) is 10.3 Å². The minimum absolute atomic E-state index is 0.000929. The summed E-state index contributed by atoms with van der Waals surface area (Å²) in [7, 11) is 1.44. The average Bonchev–Trinajstić information content (AvgIpc) is 2.15. The number of nitrogens with one attached hydrogen (secondary N) is 1. The van der Waals surface area contributed by atoms with Gasteiger partial charge in [-0.25, -0.2) is 4.39 Å². The number of halogens is 2. The third-order valence-corrected chi connectivity index (χ3v) is 2.26. The number of hydrogen-bond acceptors (Lipinski definition) is 3. The molecule has 0 aromatic heterocycles. The molecule has 1 aromatic carbocycles. The van der Waals surface area contributed by atoms with Crippen LogP contribution in [0, 0.1) is 12.7 Å². The van der Waals surface area contributed by atoms with Gasteiger partial charge in [-0.1, -0.05) is 11.6 Å². The predicted molar refractivity (Wildman–Crippen MR) is 51.7 cm³/mol. The van der Waals surface area contributed by atoms with E-state index in [1.807, 2.05) is 0 Å². The summed E-state index contributed by atoms with van der Waals surface area (Å²) in [6, 6.07) is 1.09. The zero-order chi connectivity index (χ0) is 10.7. The van der Waals surface area contributed by atoms with E-state index in [9.17, 15) is 9.50 Å². The minimum Gasteiger partial charge on any atom is -0.506 e. The Kier molecular flexibility index (Phi) is 3.69. The predicted octanol–water partition coefficient (Wildman–Crippen LogP) is 2.14. The highest BCUT2D eigenvalue weighted by atomic mass is 35.5. The fraction of sp³-hybridized carbons (Fsp3) is 0.333. The Labute approximate surface area is 86.4 Å². The van der Waals surface area contributed by atoms with Gasteiger partial charge in [-0.3, -0.25) is 0 Å². The highest BCUT2D eigenvalue weighted by Gasteiger charge is 2.13. The van der Waals surface area contributed by atoms with Crippen LogP contribution in [0.15, 0.2) is 6.07 Å². The summed E-state index contributed by atoms with van der Waals surface area (Å²) in [4.78, 5) is 4.61. The summed E-state index contributed by atoms with van der Waals surface area (Å²) in [5.74, 6) is -0.559. The van der Waals surface area contributed by atoms with Crippen molar-refractivity contribution in [1.82, 2.24) is 5.48 Å². The van der Waals surface area contributed by atoms with Crippen LogP contribution >= 0.6 is 11.6 Å². The fourth-order valence-corrected chi connectivity index (χ4v) is 1.32. The standard InChI is InChI=1S/C9H11ClFNO2/c1-5-6(4-12-14-2)9(13)7(10)3-8(5)11/h3,12-13H,4H2,1-2H3. The normalized spacial score (nSPS) is 10.6. The Bertz CT molecular complexity index is 318. The van der Waals surface area contributed by atoms with Gasteiger partial charge in [0.1, 0.15) is 11.6 Å². The van der Waals surface area contributed by atoms with Crippen LogP contribution in [0.2, 0.25) is 5.02 Å². The van der Waals surface area contributed by atoms with Crippen LogP contribution in [-0.4, -0.2) is 12.2 Å². The summed E-state index contributed by atoms with van der Waals surface area (Å²) >= 11 is 5.61. The smallest absolute Gasteiger partial charge is 0.139 e. The molecule has 0 aliphatic rings. The Morgan fingerprint density at radius 2 is 2.29 bits per heavy atom. The molecule has 0 atom stereocenters. The first-order valence-corrected chi connectivity index (χ1v) is 4.38. The van der Waals surface area contributed by atoms with Crippen molar-refractivity contribution in [3.8, 4) is 5.75 Å². The summed E-state index contributed by atoms with van der Waals surface area (Å²) in [5, 5.41) is 9.54. The first kappa shape index (κ1) is 11.2. The van der Waals surface area contributed by atoms with E-state index in [1.54, 1.807) is 6.92 Å². The van der Waals surface area contributed by atoms with Gasteiger partial charge in [-0.15, -0.1) is 0 Å². The van der Waals surface area contributed by atoms with Gasteiger partial charge in [0.15, 0.2) is 0 Å². The molecule has 0 heterocycles. The molecule has 0 radical (unpaired) electrons. The molecule has 0 spiro atoms. The number of hydrogen-bond donors (Lipinski definition) is 2. The van der Waals surface area contributed by atoms with Gasteiger partial charge in [0.25, 0.3) is 0 Å². The van der Waals surface area contributed by atoms with Gasteiger partial charge < -0.3 is 9.94 Å². The van der Waals surface area contributed by atoms with Crippen LogP contribution in [-0.2, 0) is 11.4 Å². The van der Waals surface area contributed by atoms with Gasteiger partial charge in [0.2, 0.25) is 0 Å². The third-order valence-electron chi connectivity index (χ3n) is 1.97. The van der Waals surface area contributed by atoms with Gasteiger partial charge >= 0.3 is 0 Å². The molecular weight excluding hydrogens is 209 g/mol. The van der Waals surface area contributed by atoms with Crippen LogP contribution in [0.1, 0.15) is 11.1 Å². The Morgan fingerprint density at radius 1 is 1.64 bits per heavy atom. The molecule has 1 aromatic rings. The van der Waals surface area contributed by atoms with Crippen LogP contribution in [0.4, 0.5) is 4.39 Å². The van der Waals surface area contributed by atoms with Crippen molar-refractivity contribution in [2.24, 2.45) is 0 Å². The number of rotatable bonds is 3.